The third-order valence-electron chi connectivity index (χ3n) is 3.53. The van der Waals surface area contributed by atoms with E-state index in [9.17, 15) is 9.90 Å². The third-order valence-corrected chi connectivity index (χ3v) is 4.40. The zero-order valence-electron chi connectivity index (χ0n) is 10.1. The van der Waals surface area contributed by atoms with Gasteiger partial charge in [0, 0.05) is 6.54 Å². The van der Waals surface area contributed by atoms with E-state index in [0.717, 1.165) is 25.7 Å². The molecule has 1 heterocycles. The molecule has 2 rings (SSSR count). The first kappa shape index (κ1) is 12.6. The van der Waals surface area contributed by atoms with E-state index in [0.29, 0.717) is 17.3 Å². The lowest BCUT2D eigenvalue weighted by atomic mass is 9.79. The summed E-state index contributed by atoms with van der Waals surface area (Å²) in [6, 6.07) is 3.66. The lowest BCUT2D eigenvalue weighted by Gasteiger charge is -2.34. The van der Waals surface area contributed by atoms with Gasteiger partial charge in [-0.25, -0.2) is 0 Å². The highest BCUT2D eigenvalue weighted by molar-refractivity contribution is 7.12. The molecular formula is C13H19NO2S. The molecule has 1 saturated carbocycles. The highest BCUT2D eigenvalue weighted by Crippen LogP contribution is 2.31. The summed E-state index contributed by atoms with van der Waals surface area (Å²) >= 11 is 1.42. The smallest absolute Gasteiger partial charge is 0.261 e. The molecule has 0 saturated heterocycles. The summed E-state index contributed by atoms with van der Waals surface area (Å²) in [5, 5.41) is 15.0. The Morgan fingerprint density at radius 1 is 1.59 bits per heavy atom. The van der Waals surface area contributed by atoms with Gasteiger partial charge in [0.05, 0.1) is 10.5 Å². The van der Waals surface area contributed by atoms with Gasteiger partial charge >= 0.3 is 0 Å². The van der Waals surface area contributed by atoms with Crippen LogP contribution in [0.1, 0.15) is 42.3 Å². The number of aliphatic hydroxyl groups is 1. The van der Waals surface area contributed by atoms with Crippen LogP contribution in [0.15, 0.2) is 17.5 Å². The number of rotatable bonds is 3. The van der Waals surface area contributed by atoms with Crippen LogP contribution in [-0.2, 0) is 0 Å². The zero-order chi connectivity index (χ0) is 12.3. The average Bonchev–Trinajstić information content (AvgIpc) is 2.84. The molecule has 1 aliphatic carbocycles. The van der Waals surface area contributed by atoms with E-state index in [-0.39, 0.29) is 5.91 Å². The van der Waals surface area contributed by atoms with Gasteiger partial charge in [0.15, 0.2) is 0 Å². The minimum atomic E-state index is -0.695. The maximum atomic E-state index is 11.7. The fraction of sp³-hybridized carbons (Fsp3) is 0.615. The highest BCUT2D eigenvalue weighted by Gasteiger charge is 2.32. The summed E-state index contributed by atoms with van der Waals surface area (Å²) in [6.45, 7) is 2.58. The van der Waals surface area contributed by atoms with Crippen LogP contribution in [0.3, 0.4) is 0 Å². The van der Waals surface area contributed by atoms with Gasteiger partial charge in [-0.05, 0) is 43.0 Å². The fourth-order valence-corrected chi connectivity index (χ4v) is 2.86. The second kappa shape index (κ2) is 5.19. The molecule has 94 valence electrons. The summed E-state index contributed by atoms with van der Waals surface area (Å²) in [7, 11) is 0. The van der Waals surface area contributed by atoms with Crippen LogP contribution >= 0.6 is 11.3 Å². The SMILES string of the molecule is CC1CCC(O)(CNC(=O)c2cccs2)CC1. The van der Waals surface area contributed by atoms with E-state index in [2.05, 4.69) is 12.2 Å². The van der Waals surface area contributed by atoms with Gasteiger partial charge < -0.3 is 10.4 Å². The molecule has 0 unspecified atom stereocenters. The normalized spacial score (nSPS) is 28.9. The predicted octanol–water partition coefficient (Wildman–Crippen LogP) is 2.42. The Morgan fingerprint density at radius 2 is 2.29 bits per heavy atom. The maximum absolute atomic E-state index is 11.7. The number of nitrogens with one attached hydrogen (secondary N) is 1. The van der Waals surface area contributed by atoms with Crippen LogP contribution in [0.2, 0.25) is 0 Å². The van der Waals surface area contributed by atoms with Crippen molar-refractivity contribution >= 4 is 17.2 Å². The Hall–Kier alpha value is -0.870. The maximum Gasteiger partial charge on any atom is 0.261 e. The number of carbonyl (C=O) groups is 1. The first-order valence-corrected chi connectivity index (χ1v) is 7.01. The van der Waals surface area contributed by atoms with Gasteiger partial charge in [0.25, 0.3) is 5.91 Å². The monoisotopic (exact) mass is 253 g/mol. The van der Waals surface area contributed by atoms with Crippen LogP contribution in [0.25, 0.3) is 0 Å². The summed E-state index contributed by atoms with van der Waals surface area (Å²) in [6.07, 6.45) is 3.68. The van der Waals surface area contributed by atoms with E-state index in [4.69, 9.17) is 0 Å². The Labute approximate surface area is 106 Å². The molecule has 0 aliphatic heterocycles. The van der Waals surface area contributed by atoms with Gasteiger partial charge in [-0.3, -0.25) is 4.79 Å². The van der Waals surface area contributed by atoms with Crippen LogP contribution in [0, 0.1) is 5.92 Å². The predicted molar refractivity (Wildman–Crippen MR) is 69.2 cm³/mol. The lowest BCUT2D eigenvalue weighted by molar-refractivity contribution is -0.00536. The lowest BCUT2D eigenvalue weighted by Crippen LogP contribution is -2.45. The topological polar surface area (TPSA) is 49.3 Å². The van der Waals surface area contributed by atoms with Crippen molar-refractivity contribution in [2.45, 2.75) is 38.2 Å². The third kappa shape index (κ3) is 3.30. The van der Waals surface area contributed by atoms with Crippen LogP contribution < -0.4 is 5.32 Å². The standard InChI is InChI=1S/C13H19NO2S/c1-10-4-6-13(16,7-5-10)9-14-12(15)11-3-2-8-17-11/h2-3,8,10,16H,4-7,9H2,1H3,(H,14,15). The number of carbonyl (C=O) groups excluding carboxylic acids is 1. The number of hydrogen-bond acceptors (Lipinski definition) is 3. The molecule has 0 bridgehead atoms. The van der Waals surface area contributed by atoms with Crippen molar-refractivity contribution in [2.24, 2.45) is 5.92 Å². The molecule has 1 fully saturated rings. The molecular weight excluding hydrogens is 234 g/mol. The Balaban J connectivity index is 1.83. The Kier molecular flexibility index (Phi) is 3.84. The molecule has 4 heteroatoms. The quantitative estimate of drug-likeness (QED) is 0.869. The molecule has 0 atom stereocenters. The van der Waals surface area contributed by atoms with Crippen LogP contribution in [0.5, 0.6) is 0 Å². The molecule has 1 amide bonds. The van der Waals surface area contributed by atoms with E-state index in [1.807, 2.05) is 11.4 Å². The number of hydrogen-bond donors (Lipinski definition) is 2. The van der Waals surface area contributed by atoms with Crippen molar-refractivity contribution in [3.8, 4) is 0 Å². The molecule has 0 spiro atoms. The van der Waals surface area contributed by atoms with Crippen molar-refractivity contribution in [2.75, 3.05) is 6.54 Å². The number of amides is 1. The van der Waals surface area contributed by atoms with Crippen molar-refractivity contribution in [3.05, 3.63) is 22.4 Å². The van der Waals surface area contributed by atoms with Crippen molar-refractivity contribution < 1.29 is 9.90 Å². The summed E-state index contributed by atoms with van der Waals surface area (Å²) in [4.78, 5) is 12.4. The highest BCUT2D eigenvalue weighted by atomic mass is 32.1. The summed E-state index contributed by atoms with van der Waals surface area (Å²) < 4.78 is 0. The van der Waals surface area contributed by atoms with Gasteiger partial charge in [0.2, 0.25) is 0 Å². The van der Waals surface area contributed by atoms with Crippen molar-refractivity contribution in [1.29, 1.82) is 0 Å². The van der Waals surface area contributed by atoms with Crippen LogP contribution in [-0.4, -0.2) is 23.2 Å². The molecule has 1 aromatic heterocycles. The van der Waals surface area contributed by atoms with Gasteiger partial charge in [-0.15, -0.1) is 11.3 Å². The first-order valence-electron chi connectivity index (χ1n) is 6.13. The number of thiophene rings is 1. The average molecular weight is 253 g/mol. The molecule has 0 aromatic carbocycles. The fourth-order valence-electron chi connectivity index (χ4n) is 2.22. The second-order valence-corrected chi connectivity index (χ2v) is 6.01. The van der Waals surface area contributed by atoms with E-state index >= 15 is 0 Å². The van der Waals surface area contributed by atoms with Gasteiger partial charge in [0.1, 0.15) is 0 Å². The molecule has 1 aromatic rings. The Bertz CT molecular complexity index is 367. The van der Waals surface area contributed by atoms with Crippen molar-refractivity contribution in [3.63, 3.8) is 0 Å². The van der Waals surface area contributed by atoms with E-state index in [1.165, 1.54) is 11.3 Å². The minimum absolute atomic E-state index is 0.0768. The molecule has 1 aliphatic rings. The molecule has 17 heavy (non-hydrogen) atoms. The van der Waals surface area contributed by atoms with Gasteiger partial charge in [-0.1, -0.05) is 13.0 Å². The molecule has 0 radical (unpaired) electrons. The zero-order valence-corrected chi connectivity index (χ0v) is 10.9. The summed E-state index contributed by atoms with van der Waals surface area (Å²) in [5.74, 6) is 0.621. The summed E-state index contributed by atoms with van der Waals surface area (Å²) in [5.41, 5.74) is -0.695. The minimum Gasteiger partial charge on any atom is -0.388 e. The van der Waals surface area contributed by atoms with Gasteiger partial charge in [-0.2, -0.15) is 0 Å². The van der Waals surface area contributed by atoms with Crippen molar-refractivity contribution in [1.82, 2.24) is 5.32 Å². The van der Waals surface area contributed by atoms with E-state index in [1.54, 1.807) is 6.07 Å². The second-order valence-electron chi connectivity index (χ2n) is 5.07. The molecule has 2 N–H and O–H groups in total. The Morgan fingerprint density at radius 3 is 2.88 bits per heavy atom. The van der Waals surface area contributed by atoms with E-state index < -0.39 is 5.60 Å². The molecule has 3 nitrogen and oxygen atoms in total. The first-order chi connectivity index (χ1) is 8.09. The van der Waals surface area contributed by atoms with Crippen LogP contribution in [0.4, 0.5) is 0 Å². The largest absolute Gasteiger partial charge is 0.388 e.